The summed E-state index contributed by atoms with van der Waals surface area (Å²) in [5.74, 6) is -0.0944. The fraction of sp³-hybridized carbons (Fsp3) is 0.300. The number of nitrogens with one attached hydrogen (secondary N) is 1. The molecule has 6 heteroatoms. The van der Waals surface area contributed by atoms with Crippen molar-refractivity contribution in [1.82, 2.24) is 4.90 Å². The van der Waals surface area contributed by atoms with E-state index in [9.17, 15) is 13.8 Å². The van der Waals surface area contributed by atoms with Crippen LogP contribution in [-0.2, 0) is 21.3 Å². The first-order valence-electron chi connectivity index (χ1n) is 8.28. The van der Waals surface area contributed by atoms with Crippen molar-refractivity contribution >= 4 is 28.3 Å². The smallest absolute Gasteiger partial charge is 0.254 e. The lowest BCUT2D eigenvalue weighted by Crippen LogP contribution is -2.35. The molecule has 0 aliphatic heterocycles. The molecule has 26 heavy (non-hydrogen) atoms. The second-order valence-corrected chi connectivity index (χ2v) is 7.81. The van der Waals surface area contributed by atoms with Crippen LogP contribution in [0.3, 0.4) is 0 Å². The Bertz CT molecular complexity index is 849. The van der Waals surface area contributed by atoms with Crippen molar-refractivity contribution in [3.63, 3.8) is 0 Å². The third-order valence-corrected chi connectivity index (χ3v) is 4.89. The van der Waals surface area contributed by atoms with E-state index in [2.05, 4.69) is 5.32 Å². The maximum absolute atomic E-state index is 12.6. The van der Waals surface area contributed by atoms with Crippen LogP contribution in [0.5, 0.6) is 0 Å². The van der Waals surface area contributed by atoms with Crippen LogP contribution in [0.1, 0.15) is 27.0 Å². The summed E-state index contributed by atoms with van der Waals surface area (Å²) in [4.78, 5) is 26.2. The normalized spacial score (nSPS) is 11.7. The van der Waals surface area contributed by atoms with Crippen LogP contribution >= 0.6 is 0 Å². The monoisotopic (exact) mass is 372 g/mol. The first-order valence-corrected chi connectivity index (χ1v) is 10.0. The van der Waals surface area contributed by atoms with E-state index in [0.717, 1.165) is 22.4 Å². The third-order valence-electron chi connectivity index (χ3n) is 4.15. The Morgan fingerprint density at radius 2 is 1.81 bits per heavy atom. The first-order chi connectivity index (χ1) is 12.3. The molecule has 0 aliphatic rings. The molecule has 0 saturated heterocycles. The summed E-state index contributed by atoms with van der Waals surface area (Å²) in [6, 6.07) is 12.7. The van der Waals surface area contributed by atoms with Crippen LogP contribution in [0.4, 0.5) is 5.69 Å². The highest BCUT2D eigenvalue weighted by Gasteiger charge is 2.16. The highest BCUT2D eigenvalue weighted by atomic mass is 32.2. The topological polar surface area (TPSA) is 66.5 Å². The minimum absolute atomic E-state index is 0.0455. The van der Waals surface area contributed by atoms with Crippen molar-refractivity contribution in [1.29, 1.82) is 0 Å². The van der Waals surface area contributed by atoms with Gasteiger partial charge in [0.25, 0.3) is 5.91 Å². The number of amides is 2. The lowest BCUT2D eigenvalue weighted by molar-refractivity contribution is -0.116. The van der Waals surface area contributed by atoms with Gasteiger partial charge in [0.05, 0.1) is 6.54 Å². The Morgan fingerprint density at radius 3 is 2.50 bits per heavy atom. The molecule has 138 valence electrons. The predicted molar refractivity (Wildman–Crippen MR) is 106 cm³/mol. The van der Waals surface area contributed by atoms with Crippen LogP contribution in [0, 0.1) is 13.8 Å². The van der Waals surface area contributed by atoms with Gasteiger partial charge in [-0.15, -0.1) is 0 Å². The predicted octanol–water partition coefficient (Wildman–Crippen LogP) is 2.89. The number of likely N-dealkylation sites (N-methyl/N-ethyl adjacent to an activating group) is 1. The number of benzene rings is 2. The van der Waals surface area contributed by atoms with Gasteiger partial charge in [0.15, 0.2) is 0 Å². The molecular weight excluding hydrogens is 348 g/mol. The molecule has 0 aliphatic carbocycles. The molecule has 2 amide bonds. The van der Waals surface area contributed by atoms with Crippen molar-refractivity contribution < 1.29 is 13.8 Å². The molecule has 0 spiro atoms. The molecule has 0 aromatic heterocycles. The van der Waals surface area contributed by atoms with E-state index in [1.807, 2.05) is 38.1 Å². The van der Waals surface area contributed by atoms with Crippen LogP contribution in [0.15, 0.2) is 42.5 Å². The molecule has 0 saturated carbocycles. The van der Waals surface area contributed by atoms with Crippen molar-refractivity contribution in [2.75, 3.05) is 25.2 Å². The summed E-state index contributed by atoms with van der Waals surface area (Å²) in [5.41, 5.74) is 4.18. The average molecular weight is 372 g/mol. The molecule has 2 aromatic carbocycles. The number of hydrogen-bond donors (Lipinski definition) is 1. The summed E-state index contributed by atoms with van der Waals surface area (Å²) < 4.78 is 11.4. The number of anilines is 1. The highest BCUT2D eigenvalue weighted by Crippen LogP contribution is 2.18. The fourth-order valence-corrected chi connectivity index (χ4v) is 3.26. The van der Waals surface area contributed by atoms with Gasteiger partial charge in [-0.3, -0.25) is 13.8 Å². The van der Waals surface area contributed by atoms with Gasteiger partial charge in [0.2, 0.25) is 5.91 Å². The van der Waals surface area contributed by atoms with Gasteiger partial charge in [-0.2, -0.15) is 0 Å². The molecule has 0 bridgehead atoms. The number of nitrogens with zero attached hydrogens (tertiary/aromatic N) is 1. The zero-order valence-electron chi connectivity index (χ0n) is 15.5. The number of carbonyl (C=O) groups is 2. The largest absolute Gasteiger partial charge is 0.332 e. The maximum atomic E-state index is 12.6. The van der Waals surface area contributed by atoms with Crippen molar-refractivity contribution in [3.05, 3.63) is 64.7 Å². The number of hydrogen-bond acceptors (Lipinski definition) is 3. The second kappa shape index (κ2) is 8.76. The maximum Gasteiger partial charge on any atom is 0.254 e. The van der Waals surface area contributed by atoms with E-state index in [4.69, 9.17) is 0 Å². The van der Waals surface area contributed by atoms with E-state index in [-0.39, 0.29) is 18.4 Å². The second-order valence-electron chi connectivity index (χ2n) is 6.37. The van der Waals surface area contributed by atoms with E-state index >= 15 is 0 Å². The fourth-order valence-electron chi connectivity index (χ4n) is 2.61. The first kappa shape index (κ1) is 19.8. The molecule has 5 nitrogen and oxygen atoms in total. The number of rotatable bonds is 6. The van der Waals surface area contributed by atoms with Crippen molar-refractivity contribution in [2.45, 2.75) is 19.6 Å². The standard InChI is InChI=1S/C20H24N2O3S/c1-14-7-5-10-18(15(14)2)21-19(23)12-22(3)20(24)17-9-6-8-16(11-17)13-26(4)25/h5-11H,12-13H2,1-4H3,(H,21,23). The summed E-state index contributed by atoms with van der Waals surface area (Å²) in [7, 11) is 0.619. The third kappa shape index (κ3) is 5.26. The molecule has 1 N–H and O–H groups in total. The highest BCUT2D eigenvalue weighted by molar-refractivity contribution is 7.83. The Hall–Kier alpha value is -2.47. The van der Waals surface area contributed by atoms with Gasteiger partial charge < -0.3 is 10.2 Å². The molecule has 1 unspecified atom stereocenters. The van der Waals surface area contributed by atoms with Gasteiger partial charge in [-0.25, -0.2) is 0 Å². The van der Waals surface area contributed by atoms with Gasteiger partial charge in [-0.1, -0.05) is 24.3 Å². The molecule has 0 radical (unpaired) electrons. The van der Waals surface area contributed by atoms with E-state index in [1.54, 1.807) is 31.5 Å². The summed E-state index contributed by atoms with van der Waals surface area (Å²) in [6.45, 7) is 3.89. The van der Waals surface area contributed by atoms with Crippen LogP contribution in [0.2, 0.25) is 0 Å². The van der Waals surface area contributed by atoms with E-state index in [0.29, 0.717) is 11.3 Å². The van der Waals surface area contributed by atoms with Gasteiger partial charge in [-0.05, 0) is 48.7 Å². The lowest BCUT2D eigenvalue weighted by atomic mass is 10.1. The van der Waals surface area contributed by atoms with Crippen LogP contribution in [-0.4, -0.2) is 40.8 Å². The van der Waals surface area contributed by atoms with Crippen LogP contribution in [0.25, 0.3) is 0 Å². The van der Waals surface area contributed by atoms with Crippen molar-refractivity contribution in [2.24, 2.45) is 0 Å². The summed E-state index contributed by atoms with van der Waals surface area (Å²) >= 11 is 0. The van der Waals surface area contributed by atoms with Crippen LogP contribution < -0.4 is 5.32 Å². The quantitative estimate of drug-likeness (QED) is 0.848. The zero-order chi connectivity index (χ0) is 19.3. The average Bonchev–Trinajstić information content (AvgIpc) is 2.58. The molecule has 2 aromatic rings. The van der Waals surface area contributed by atoms with Crippen molar-refractivity contribution in [3.8, 4) is 0 Å². The Labute approximate surface area is 156 Å². The lowest BCUT2D eigenvalue weighted by Gasteiger charge is -2.18. The zero-order valence-corrected chi connectivity index (χ0v) is 16.4. The SMILES string of the molecule is Cc1cccc(NC(=O)CN(C)C(=O)c2cccc(CS(C)=O)c2)c1C. The minimum Gasteiger partial charge on any atom is -0.332 e. The van der Waals surface area contributed by atoms with E-state index in [1.165, 1.54) is 4.90 Å². The molecule has 0 fully saturated rings. The summed E-state index contributed by atoms with van der Waals surface area (Å²) in [6.07, 6.45) is 1.62. The number of carbonyl (C=O) groups excluding carboxylic acids is 2. The van der Waals surface area contributed by atoms with Gasteiger partial charge >= 0.3 is 0 Å². The summed E-state index contributed by atoms with van der Waals surface area (Å²) in [5, 5.41) is 2.85. The molecular formula is C20H24N2O3S. The van der Waals surface area contributed by atoms with Gasteiger partial charge in [0, 0.05) is 41.1 Å². The Balaban J connectivity index is 2.03. The van der Waals surface area contributed by atoms with E-state index < -0.39 is 10.8 Å². The molecule has 1 atom stereocenters. The van der Waals surface area contributed by atoms with Gasteiger partial charge in [0.1, 0.15) is 0 Å². The molecule has 2 rings (SSSR count). The Kier molecular flexibility index (Phi) is 6.69. The molecule has 0 heterocycles. The number of aryl methyl sites for hydroxylation is 1. The minimum atomic E-state index is -0.974. The Morgan fingerprint density at radius 1 is 1.12 bits per heavy atom.